The van der Waals surface area contributed by atoms with Crippen molar-refractivity contribution in [3.63, 3.8) is 0 Å². The molecule has 1 aliphatic rings. The highest BCUT2D eigenvalue weighted by Crippen LogP contribution is 2.25. The van der Waals surface area contributed by atoms with Gasteiger partial charge in [-0.1, -0.05) is 0 Å². The second-order valence-corrected chi connectivity index (χ2v) is 4.02. The van der Waals surface area contributed by atoms with Crippen LogP contribution in [-0.4, -0.2) is 31.5 Å². The molecule has 1 aliphatic heterocycles. The Morgan fingerprint density at radius 2 is 2.15 bits per heavy atom. The first-order chi connectivity index (χ1) is 6.18. The van der Waals surface area contributed by atoms with Crippen LogP contribution in [0.25, 0.3) is 0 Å². The molecule has 2 N–H and O–H groups in total. The molecule has 3 heteroatoms. The molecule has 1 rings (SSSR count). The Morgan fingerprint density at radius 3 is 2.77 bits per heavy atom. The molecule has 0 aromatic rings. The van der Waals surface area contributed by atoms with Gasteiger partial charge in [0, 0.05) is 26.2 Å². The molecule has 13 heavy (non-hydrogen) atoms. The summed E-state index contributed by atoms with van der Waals surface area (Å²) in [6.07, 6.45) is 3.27. The fraction of sp³-hybridized carbons (Fsp3) is 1.00. The zero-order valence-corrected chi connectivity index (χ0v) is 8.71. The van der Waals surface area contributed by atoms with Gasteiger partial charge in [0.15, 0.2) is 0 Å². The Bertz CT molecular complexity index is 140. The van der Waals surface area contributed by atoms with Gasteiger partial charge in [-0.05, 0) is 26.7 Å². The van der Waals surface area contributed by atoms with Gasteiger partial charge < -0.3 is 15.2 Å². The second kappa shape index (κ2) is 4.94. The Labute approximate surface area is 80.6 Å². The van der Waals surface area contributed by atoms with Crippen molar-refractivity contribution in [1.82, 2.24) is 0 Å². The minimum absolute atomic E-state index is 0.120. The molecule has 0 aromatic heterocycles. The van der Waals surface area contributed by atoms with Crippen molar-refractivity contribution in [2.75, 3.05) is 19.8 Å². The van der Waals surface area contributed by atoms with Gasteiger partial charge in [-0.15, -0.1) is 0 Å². The lowest BCUT2D eigenvalue weighted by Gasteiger charge is -2.33. The summed E-state index contributed by atoms with van der Waals surface area (Å²) in [6.45, 7) is 6.36. The molecule has 0 amide bonds. The van der Waals surface area contributed by atoms with Gasteiger partial charge in [-0.3, -0.25) is 0 Å². The molecule has 78 valence electrons. The van der Waals surface area contributed by atoms with Crippen LogP contribution in [0.5, 0.6) is 0 Å². The van der Waals surface area contributed by atoms with Gasteiger partial charge in [-0.25, -0.2) is 0 Å². The van der Waals surface area contributed by atoms with E-state index < -0.39 is 0 Å². The molecular weight excluding hydrogens is 166 g/mol. The van der Waals surface area contributed by atoms with E-state index in [4.69, 9.17) is 15.2 Å². The van der Waals surface area contributed by atoms with Crippen LogP contribution in [-0.2, 0) is 9.47 Å². The average Bonchev–Trinajstić information content (AvgIpc) is 2.30. The number of hydrogen-bond acceptors (Lipinski definition) is 3. The summed E-state index contributed by atoms with van der Waals surface area (Å²) in [4.78, 5) is 0. The van der Waals surface area contributed by atoms with Crippen LogP contribution in [0.2, 0.25) is 0 Å². The Hall–Kier alpha value is -0.120. The predicted octanol–water partition coefficient (Wildman–Crippen LogP) is 1.31. The first-order valence-corrected chi connectivity index (χ1v) is 5.14. The number of nitrogens with two attached hydrogens (primary N) is 1. The molecular formula is C10H21NO2. The van der Waals surface area contributed by atoms with Gasteiger partial charge in [0.05, 0.1) is 11.7 Å². The van der Waals surface area contributed by atoms with Crippen molar-refractivity contribution in [3.8, 4) is 0 Å². The van der Waals surface area contributed by atoms with Crippen LogP contribution in [0.1, 0.15) is 33.1 Å². The topological polar surface area (TPSA) is 44.5 Å². The summed E-state index contributed by atoms with van der Waals surface area (Å²) < 4.78 is 11.3. The van der Waals surface area contributed by atoms with Gasteiger partial charge in [0.2, 0.25) is 0 Å². The quantitative estimate of drug-likeness (QED) is 0.724. The zero-order chi connectivity index (χ0) is 9.73. The number of ether oxygens (including phenoxy) is 2. The van der Waals surface area contributed by atoms with E-state index in [2.05, 4.69) is 13.8 Å². The van der Waals surface area contributed by atoms with Gasteiger partial charge >= 0.3 is 0 Å². The summed E-state index contributed by atoms with van der Waals surface area (Å²) in [5.74, 6) is 0. The average molecular weight is 187 g/mol. The Morgan fingerprint density at radius 1 is 1.38 bits per heavy atom. The van der Waals surface area contributed by atoms with Gasteiger partial charge in [0.1, 0.15) is 0 Å². The van der Waals surface area contributed by atoms with E-state index in [1.807, 2.05) is 0 Å². The minimum atomic E-state index is -0.120. The maximum Gasteiger partial charge on any atom is 0.0830 e. The monoisotopic (exact) mass is 187 g/mol. The second-order valence-electron chi connectivity index (χ2n) is 4.02. The first kappa shape index (κ1) is 11.0. The molecule has 0 radical (unpaired) electrons. The lowest BCUT2D eigenvalue weighted by atomic mass is 9.94. The molecule has 1 saturated heterocycles. The molecule has 1 atom stereocenters. The number of rotatable bonds is 3. The van der Waals surface area contributed by atoms with Crippen LogP contribution in [0.15, 0.2) is 0 Å². The van der Waals surface area contributed by atoms with E-state index in [0.29, 0.717) is 6.54 Å². The van der Waals surface area contributed by atoms with Crippen molar-refractivity contribution >= 4 is 0 Å². The molecule has 1 unspecified atom stereocenters. The van der Waals surface area contributed by atoms with Crippen LogP contribution in [0.3, 0.4) is 0 Å². The third kappa shape index (κ3) is 3.25. The van der Waals surface area contributed by atoms with Crippen LogP contribution >= 0.6 is 0 Å². The third-order valence-electron chi connectivity index (χ3n) is 2.48. The van der Waals surface area contributed by atoms with E-state index in [1.54, 1.807) is 0 Å². The summed E-state index contributed by atoms with van der Waals surface area (Å²) in [5.41, 5.74) is 5.66. The summed E-state index contributed by atoms with van der Waals surface area (Å²) in [6, 6.07) is 0. The van der Waals surface area contributed by atoms with Crippen molar-refractivity contribution in [3.05, 3.63) is 0 Å². The van der Waals surface area contributed by atoms with Gasteiger partial charge in [0.25, 0.3) is 0 Å². The summed E-state index contributed by atoms with van der Waals surface area (Å²) >= 11 is 0. The van der Waals surface area contributed by atoms with E-state index in [9.17, 15) is 0 Å². The molecule has 3 nitrogen and oxygen atoms in total. The van der Waals surface area contributed by atoms with Crippen molar-refractivity contribution < 1.29 is 9.47 Å². The van der Waals surface area contributed by atoms with Crippen molar-refractivity contribution in [2.45, 2.75) is 44.8 Å². The van der Waals surface area contributed by atoms with Crippen LogP contribution in [0, 0.1) is 0 Å². The van der Waals surface area contributed by atoms with Gasteiger partial charge in [-0.2, -0.15) is 0 Å². The Kier molecular flexibility index (Phi) is 4.16. The minimum Gasteiger partial charge on any atom is -0.381 e. The van der Waals surface area contributed by atoms with E-state index in [1.165, 1.54) is 0 Å². The molecule has 0 saturated carbocycles. The smallest absolute Gasteiger partial charge is 0.0830 e. The normalized spacial score (nSPS) is 30.5. The van der Waals surface area contributed by atoms with E-state index >= 15 is 0 Å². The third-order valence-corrected chi connectivity index (χ3v) is 2.48. The first-order valence-electron chi connectivity index (χ1n) is 5.14. The lowest BCUT2D eigenvalue weighted by Crippen LogP contribution is -2.42. The standard InChI is InChI=1S/C10H21NO2/c1-9(2)13-10(8-11)4-3-6-12-7-5-10/h9H,3-8,11H2,1-2H3. The maximum absolute atomic E-state index is 5.90. The highest BCUT2D eigenvalue weighted by molar-refractivity contribution is 4.84. The SMILES string of the molecule is CC(C)OC1(CN)CCCOCC1. The highest BCUT2D eigenvalue weighted by atomic mass is 16.5. The summed E-state index contributed by atoms with van der Waals surface area (Å²) in [7, 11) is 0. The molecule has 0 aromatic carbocycles. The fourth-order valence-corrected chi connectivity index (χ4v) is 1.85. The largest absolute Gasteiger partial charge is 0.381 e. The molecule has 1 heterocycles. The molecule has 1 fully saturated rings. The highest BCUT2D eigenvalue weighted by Gasteiger charge is 2.31. The van der Waals surface area contributed by atoms with Crippen LogP contribution in [0.4, 0.5) is 0 Å². The van der Waals surface area contributed by atoms with E-state index in [0.717, 1.165) is 32.5 Å². The molecule has 0 aliphatic carbocycles. The molecule has 0 spiro atoms. The summed E-state index contributed by atoms with van der Waals surface area (Å²) in [5, 5.41) is 0. The number of hydrogen-bond donors (Lipinski definition) is 1. The van der Waals surface area contributed by atoms with E-state index in [-0.39, 0.29) is 11.7 Å². The molecule has 0 bridgehead atoms. The predicted molar refractivity (Wildman–Crippen MR) is 52.7 cm³/mol. The van der Waals surface area contributed by atoms with Crippen molar-refractivity contribution in [1.29, 1.82) is 0 Å². The van der Waals surface area contributed by atoms with Crippen LogP contribution < -0.4 is 5.73 Å². The Balaban J connectivity index is 2.53. The fourth-order valence-electron chi connectivity index (χ4n) is 1.85. The lowest BCUT2D eigenvalue weighted by molar-refractivity contribution is -0.0843. The zero-order valence-electron chi connectivity index (χ0n) is 8.71. The van der Waals surface area contributed by atoms with Crippen molar-refractivity contribution in [2.24, 2.45) is 5.73 Å². The maximum atomic E-state index is 5.90.